The fourth-order valence-corrected chi connectivity index (χ4v) is 1.06. The van der Waals surface area contributed by atoms with E-state index in [1.165, 1.54) is 0 Å². The summed E-state index contributed by atoms with van der Waals surface area (Å²) >= 11 is 0. The molecule has 102 valence electrons. The lowest BCUT2D eigenvalue weighted by Crippen LogP contribution is -2.34. The lowest BCUT2D eigenvalue weighted by atomic mass is 9.90. The summed E-state index contributed by atoms with van der Waals surface area (Å²) in [6.07, 6.45) is -0.0564. The number of aliphatic carboxylic acids is 1. The molecule has 0 spiro atoms. The van der Waals surface area contributed by atoms with Crippen molar-refractivity contribution in [3.05, 3.63) is 0 Å². The molecule has 0 aliphatic heterocycles. The Bertz CT molecular complexity index is 256. The minimum atomic E-state index is -1.08. The normalized spacial score (nSPS) is 12.8. The van der Waals surface area contributed by atoms with Gasteiger partial charge in [-0.1, -0.05) is 28.2 Å². The van der Waals surface area contributed by atoms with E-state index in [4.69, 9.17) is 9.84 Å². The molecule has 1 atom stereocenters. The molecule has 0 unspecified atom stereocenters. The Hall–Kier alpha value is -1.06. The average molecular weight is 246 g/mol. The quantitative estimate of drug-likeness (QED) is 0.731. The standard InChI is InChI=1S/C12H22O4.CH4/c1-6-12(4,5)11(15)16-9(10(13)14)7-8(2)3;/h8-9H,6-7H2,1-5H3,(H,13,14);1H4/t9-;/m0./s1. The molecule has 0 bridgehead atoms. The van der Waals surface area contributed by atoms with Crippen molar-refractivity contribution in [1.29, 1.82) is 0 Å². The van der Waals surface area contributed by atoms with Gasteiger partial charge in [-0.25, -0.2) is 4.79 Å². The molecule has 1 N–H and O–H groups in total. The molecule has 4 nitrogen and oxygen atoms in total. The van der Waals surface area contributed by atoms with Crippen molar-refractivity contribution in [2.45, 2.75) is 61.0 Å². The summed E-state index contributed by atoms with van der Waals surface area (Å²) < 4.78 is 5.04. The van der Waals surface area contributed by atoms with Crippen molar-refractivity contribution in [3.63, 3.8) is 0 Å². The topological polar surface area (TPSA) is 63.6 Å². The summed E-state index contributed by atoms with van der Waals surface area (Å²) in [6, 6.07) is 0. The maximum absolute atomic E-state index is 11.7. The van der Waals surface area contributed by atoms with Crippen LogP contribution in [-0.4, -0.2) is 23.1 Å². The zero-order chi connectivity index (χ0) is 12.9. The molecular weight excluding hydrogens is 220 g/mol. The van der Waals surface area contributed by atoms with Gasteiger partial charge in [0, 0.05) is 0 Å². The van der Waals surface area contributed by atoms with Crippen molar-refractivity contribution in [2.75, 3.05) is 0 Å². The van der Waals surface area contributed by atoms with Gasteiger partial charge in [-0.3, -0.25) is 4.79 Å². The molecule has 0 heterocycles. The average Bonchev–Trinajstić information content (AvgIpc) is 2.15. The number of carboxylic acid groups (broad SMARTS) is 1. The molecule has 0 aliphatic carbocycles. The SMILES string of the molecule is C.CCC(C)(C)C(=O)O[C@@H](CC(C)C)C(=O)O. The number of ether oxygens (including phenoxy) is 1. The van der Waals surface area contributed by atoms with Crippen LogP contribution in [0.4, 0.5) is 0 Å². The van der Waals surface area contributed by atoms with Gasteiger partial charge >= 0.3 is 11.9 Å². The van der Waals surface area contributed by atoms with Crippen molar-refractivity contribution < 1.29 is 19.4 Å². The molecule has 0 saturated heterocycles. The number of carboxylic acids is 1. The Morgan fingerprint density at radius 2 is 1.76 bits per heavy atom. The van der Waals surface area contributed by atoms with E-state index in [2.05, 4.69) is 0 Å². The molecule has 4 heteroatoms. The molecule has 0 saturated carbocycles. The molecule has 0 aliphatic rings. The molecule has 0 rings (SSSR count). The zero-order valence-electron chi connectivity index (χ0n) is 10.7. The van der Waals surface area contributed by atoms with E-state index in [1.807, 2.05) is 20.8 Å². The molecule has 0 aromatic heterocycles. The van der Waals surface area contributed by atoms with Crippen molar-refractivity contribution in [1.82, 2.24) is 0 Å². The molecule has 0 amide bonds. The predicted octanol–water partition coefficient (Wildman–Crippen LogP) is 3.10. The van der Waals surface area contributed by atoms with Crippen LogP contribution in [-0.2, 0) is 14.3 Å². The van der Waals surface area contributed by atoms with Crippen LogP contribution in [0.25, 0.3) is 0 Å². The first-order valence-corrected chi connectivity index (χ1v) is 5.64. The van der Waals surface area contributed by atoms with Gasteiger partial charge in [0.15, 0.2) is 6.10 Å². The van der Waals surface area contributed by atoms with Crippen LogP contribution in [0.3, 0.4) is 0 Å². The third kappa shape index (κ3) is 6.29. The first-order valence-electron chi connectivity index (χ1n) is 5.64. The van der Waals surface area contributed by atoms with Crippen molar-refractivity contribution in [2.24, 2.45) is 11.3 Å². The van der Waals surface area contributed by atoms with Gasteiger partial charge in [-0.05, 0) is 32.6 Å². The molecular formula is C13H26O4. The van der Waals surface area contributed by atoms with E-state index in [0.29, 0.717) is 12.8 Å². The fraction of sp³-hybridized carbons (Fsp3) is 0.846. The summed E-state index contributed by atoms with van der Waals surface area (Å²) in [6.45, 7) is 9.18. The van der Waals surface area contributed by atoms with E-state index in [1.54, 1.807) is 13.8 Å². The maximum atomic E-state index is 11.7. The third-order valence-electron chi connectivity index (χ3n) is 2.65. The Morgan fingerprint density at radius 1 is 1.29 bits per heavy atom. The van der Waals surface area contributed by atoms with Crippen molar-refractivity contribution in [3.8, 4) is 0 Å². The maximum Gasteiger partial charge on any atom is 0.345 e. The van der Waals surface area contributed by atoms with Gasteiger partial charge in [-0.15, -0.1) is 0 Å². The number of hydrogen-bond acceptors (Lipinski definition) is 3. The summed E-state index contributed by atoms with van der Waals surface area (Å²) in [5.41, 5.74) is -0.620. The predicted molar refractivity (Wildman–Crippen MR) is 67.8 cm³/mol. The number of carbonyl (C=O) groups is 2. The summed E-state index contributed by atoms with van der Waals surface area (Å²) in [5.74, 6) is -1.34. The monoisotopic (exact) mass is 246 g/mol. The van der Waals surface area contributed by atoms with E-state index in [-0.39, 0.29) is 13.3 Å². The van der Waals surface area contributed by atoms with Gasteiger partial charge in [0.05, 0.1) is 5.41 Å². The van der Waals surface area contributed by atoms with Crippen LogP contribution in [0.2, 0.25) is 0 Å². The second kappa shape index (κ2) is 7.30. The molecule has 0 aromatic rings. The first-order chi connectivity index (χ1) is 7.20. The zero-order valence-corrected chi connectivity index (χ0v) is 10.7. The molecule has 0 fully saturated rings. The lowest BCUT2D eigenvalue weighted by Gasteiger charge is -2.24. The van der Waals surface area contributed by atoms with E-state index < -0.39 is 23.5 Å². The Labute approximate surface area is 104 Å². The number of esters is 1. The van der Waals surface area contributed by atoms with Crippen LogP contribution in [0.1, 0.15) is 54.9 Å². The first kappa shape index (κ1) is 18.3. The molecule has 0 radical (unpaired) electrons. The Morgan fingerprint density at radius 3 is 2.06 bits per heavy atom. The van der Waals surface area contributed by atoms with E-state index in [0.717, 1.165) is 0 Å². The van der Waals surface area contributed by atoms with Crippen LogP contribution in [0.5, 0.6) is 0 Å². The second-order valence-corrected chi connectivity index (χ2v) is 5.10. The number of carbonyl (C=O) groups excluding carboxylic acids is 1. The van der Waals surface area contributed by atoms with Gasteiger partial charge in [0.25, 0.3) is 0 Å². The van der Waals surface area contributed by atoms with Crippen molar-refractivity contribution >= 4 is 11.9 Å². The Balaban J connectivity index is 0. The summed E-state index contributed by atoms with van der Waals surface area (Å²) in [4.78, 5) is 22.6. The Kier molecular flexibility index (Phi) is 7.86. The highest BCUT2D eigenvalue weighted by atomic mass is 16.6. The highest BCUT2D eigenvalue weighted by Gasteiger charge is 2.32. The highest BCUT2D eigenvalue weighted by molar-refractivity contribution is 5.80. The minimum absolute atomic E-state index is 0. The highest BCUT2D eigenvalue weighted by Crippen LogP contribution is 2.23. The van der Waals surface area contributed by atoms with Gasteiger partial charge in [0.1, 0.15) is 0 Å². The summed E-state index contributed by atoms with van der Waals surface area (Å²) in [7, 11) is 0. The largest absolute Gasteiger partial charge is 0.479 e. The van der Waals surface area contributed by atoms with Gasteiger partial charge in [-0.2, -0.15) is 0 Å². The van der Waals surface area contributed by atoms with E-state index >= 15 is 0 Å². The lowest BCUT2D eigenvalue weighted by molar-refractivity contribution is -0.171. The van der Waals surface area contributed by atoms with Crippen LogP contribution in [0, 0.1) is 11.3 Å². The van der Waals surface area contributed by atoms with Gasteiger partial charge in [0.2, 0.25) is 0 Å². The van der Waals surface area contributed by atoms with Crippen LogP contribution in [0.15, 0.2) is 0 Å². The number of hydrogen-bond donors (Lipinski definition) is 1. The van der Waals surface area contributed by atoms with Gasteiger partial charge < -0.3 is 9.84 Å². The smallest absolute Gasteiger partial charge is 0.345 e. The number of rotatable bonds is 6. The molecule has 17 heavy (non-hydrogen) atoms. The minimum Gasteiger partial charge on any atom is -0.479 e. The van der Waals surface area contributed by atoms with E-state index in [9.17, 15) is 9.59 Å². The van der Waals surface area contributed by atoms with Crippen LogP contribution < -0.4 is 0 Å². The summed E-state index contributed by atoms with van der Waals surface area (Å²) in [5, 5.41) is 8.93. The third-order valence-corrected chi connectivity index (χ3v) is 2.65. The second-order valence-electron chi connectivity index (χ2n) is 5.10. The molecule has 0 aromatic carbocycles. The van der Waals surface area contributed by atoms with Crippen LogP contribution >= 0.6 is 0 Å². The fourth-order valence-electron chi connectivity index (χ4n) is 1.06.